The van der Waals surface area contributed by atoms with Crippen molar-refractivity contribution >= 4 is 11.2 Å². The molecule has 0 aliphatic heterocycles. The molecule has 4 rings (SSSR count). The molecule has 30 heavy (non-hydrogen) atoms. The second-order valence-corrected chi connectivity index (χ2v) is 6.73. The van der Waals surface area contributed by atoms with Gasteiger partial charge in [-0.2, -0.15) is 4.98 Å². The molecule has 2 heterocycles. The molecule has 0 N–H and O–H groups in total. The van der Waals surface area contributed by atoms with Crippen molar-refractivity contribution in [1.82, 2.24) is 18.7 Å². The highest BCUT2D eigenvalue weighted by Gasteiger charge is 2.21. The third kappa shape index (κ3) is 3.24. The molecule has 0 aliphatic rings. The Hall–Kier alpha value is -3.88. The summed E-state index contributed by atoms with van der Waals surface area (Å²) < 4.78 is 29.2. The van der Waals surface area contributed by atoms with E-state index in [9.17, 15) is 14.0 Å². The number of aromatic nitrogens is 4. The van der Waals surface area contributed by atoms with E-state index in [0.29, 0.717) is 17.1 Å². The van der Waals surface area contributed by atoms with Gasteiger partial charge in [-0.1, -0.05) is 24.3 Å². The minimum absolute atomic E-state index is 0.00405. The lowest BCUT2D eigenvalue weighted by atomic mass is 10.2. The van der Waals surface area contributed by atoms with E-state index in [-0.39, 0.29) is 23.7 Å². The first-order valence-electron chi connectivity index (χ1n) is 9.12. The van der Waals surface area contributed by atoms with E-state index in [1.54, 1.807) is 42.5 Å². The summed E-state index contributed by atoms with van der Waals surface area (Å²) in [6.07, 6.45) is 0. The summed E-state index contributed by atoms with van der Waals surface area (Å²) in [4.78, 5) is 29.6. The van der Waals surface area contributed by atoms with Crippen molar-refractivity contribution in [2.45, 2.75) is 6.54 Å². The van der Waals surface area contributed by atoms with Gasteiger partial charge in [-0.3, -0.25) is 18.5 Å². The van der Waals surface area contributed by atoms with Gasteiger partial charge in [0.1, 0.15) is 17.3 Å². The largest absolute Gasteiger partial charge is 0.497 e. The average molecular weight is 410 g/mol. The predicted molar refractivity (Wildman–Crippen MR) is 109 cm³/mol. The lowest BCUT2D eigenvalue weighted by molar-refractivity contribution is 0.398. The van der Waals surface area contributed by atoms with E-state index in [0.717, 1.165) is 4.57 Å². The molecule has 0 unspecified atom stereocenters. The summed E-state index contributed by atoms with van der Waals surface area (Å²) in [7, 11) is 4.43. The van der Waals surface area contributed by atoms with Gasteiger partial charge in [-0.15, -0.1) is 0 Å². The van der Waals surface area contributed by atoms with E-state index >= 15 is 0 Å². The second kappa shape index (κ2) is 7.51. The fraction of sp³-hybridized carbons (Fsp3) is 0.190. The Bertz CT molecular complexity index is 1370. The Morgan fingerprint density at radius 1 is 1.00 bits per heavy atom. The maximum Gasteiger partial charge on any atom is 0.332 e. The molecule has 0 amide bonds. The summed E-state index contributed by atoms with van der Waals surface area (Å²) in [5, 5.41) is 0. The van der Waals surface area contributed by atoms with E-state index in [2.05, 4.69) is 4.98 Å². The molecule has 9 heteroatoms. The number of imidazole rings is 1. The topological polar surface area (TPSA) is 80.3 Å². The number of benzene rings is 2. The molecule has 0 fully saturated rings. The van der Waals surface area contributed by atoms with Crippen LogP contribution in [0.4, 0.5) is 4.39 Å². The maximum absolute atomic E-state index is 14.3. The van der Waals surface area contributed by atoms with Gasteiger partial charge in [0.05, 0.1) is 13.7 Å². The van der Waals surface area contributed by atoms with E-state index < -0.39 is 17.1 Å². The molecule has 0 spiro atoms. The van der Waals surface area contributed by atoms with Crippen molar-refractivity contribution < 1.29 is 13.9 Å². The van der Waals surface area contributed by atoms with Crippen LogP contribution in [0, 0.1) is 5.82 Å². The lowest BCUT2D eigenvalue weighted by Gasteiger charge is -2.11. The molecular formula is C21H19FN4O4. The maximum atomic E-state index is 14.3. The Morgan fingerprint density at radius 2 is 1.73 bits per heavy atom. The normalized spacial score (nSPS) is 11.1. The van der Waals surface area contributed by atoms with Gasteiger partial charge in [-0.05, 0) is 18.2 Å². The first-order valence-corrected chi connectivity index (χ1v) is 9.12. The lowest BCUT2D eigenvalue weighted by Crippen LogP contribution is -2.37. The van der Waals surface area contributed by atoms with Crippen LogP contribution < -0.4 is 20.7 Å². The Balaban J connectivity index is 1.95. The first-order chi connectivity index (χ1) is 14.4. The zero-order chi connectivity index (χ0) is 21.4. The summed E-state index contributed by atoms with van der Waals surface area (Å²) in [5.41, 5.74) is -0.422. The van der Waals surface area contributed by atoms with Gasteiger partial charge in [-0.25, -0.2) is 9.18 Å². The summed E-state index contributed by atoms with van der Waals surface area (Å²) >= 11 is 0. The molecule has 0 saturated heterocycles. The fourth-order valence-electron chi connectivity index (χ4n) is 3.22. The number of fused-ring (bicyclic) bond motifs is 1. The van der Waals surface area contributed by atoms with Crippen molar-refractivity contribution in [2.75, 3.05) is 7.11 Å². The van der Waals surface area contributed by atoms with Crippen molar-refractivity contribution in [3.63, 3.8) is 0 Å². The first kappa shape index (κ1) is 19.4. The summed E-state index contributed by atoms with van der Waals surface area (Å²) in [5.74, 6) is 0.571. The number of nitrogens with zero attached hydrogens (tertiary/aromatic N) is 4. The highest BCUT2D eigenvalue weighted by molar-refractivity contribution is 5.72. The number of aryl methyl sites for hydroxylation is 1. The molecule has 0 bridgehead atoms. The standard InChI is InChI=1S/C21H19FN4O4/c1-24-18-17(19(27)25(2)21(24)28)26(12-13-7-4-5-10-16(13)22)20(23-18)30-15-9-6-8-14(11-15)29-3/h4-11H,12H2,1-3H3. The third-order valence-corrected chi connectivity index (χ3v) is 4.85. The molecule has 154 valence electrons. The van der Waals surface area contributed by atoms with Gasteiger partial charge >= 0.3 is 11.7 Å². The van der Waals surface area contributed by atoms with Gasteiger partial charge in [0.15, 0.2) is 11.2 Å². The van der Waals surface area contributed by atoms with Crippen LogP contribution in [0.15, 0.2) is 58.1 Å². The van der Waals surface area contributed by atoms with Crippen molar-refractivity contribution in [2.24, 2.45) is 14.1 Å². The quantitative estimate of drug-likeness (QED) is 0.505. The number of rotatable bonds is 5. The third-order valence-electron chi connectivity index (χ3n) is 4.85. The van der Waals surface area contributed by atoms with Crippen LogP contribution in [0.5, 0.6) is 17.5 Å². The minimum Gasteiger partial charge on any atom is -0.497 e. The van der Waals surface area contributed by atoms with Crippen LogP contribution in [0.2, 0.25) is 0 Å². The number of hydrogen-bond donors (Lipinski definition) is 0. The van der Waals surface area contributed by atoms with Gasteiger partial charge in [0.2, 0.25) is 0 Å². The van der Waals surface area contributed by atoms with Gasteiger partial charge in [0.25, 0.3) is 5.56 Å². The molecule has 4 aromatic rings. The Morgan fingerprint density at radius 3 is 2.47 bits per heavy atom. The van der Waals surface area contributed by atoms with Crippen LogP contribution >= 0.6 is 0 Å². The number of hydrogen-bond acceptors (Lipinski definition) is 5. The Kier molecular flexibility index (Phi) is 4.86. The summed E-state index contributed by atoms with van der Waals surface area (Å²) in [6, 6.07) is 13.2. The van der Waals surface area contributed by atoms with Crippen LogP contribution in [0.3, 0.4) is 0 Å². The molecular weight excluding hydrogens is 391 g/mol. The van der Waals surface area contributed by atoms with Gasteiger partial charge in [0, 0.05) is 25.7 Å². The predicted octanol–water partition coefficient (Wildman–Crippen LogP) is 2.42. The van der Waals surface area contributed by atoms with Crippen LogP contribution in [0.1, 0.15) is 5.56 Å². The summed E-state index contributed by atoms with van der Waals surface area (Å²) in [6.45, 7) is -0.00405. The van der Waals surface area contributed by atoms with Crippen LogP contribution in [-0.4, -0.2) is 25.8 Å². The van der Waals surface area contributed by atoms with E-state index in [1.807, 2.05) is 0 Å². The smallest absolute Gasteiger partial charge is 0.332 e. The molecule has 8 nitrogen and oxygen atoms in total. The molecule has 2 aromatic carbocycles. The number of methoxy groups -OCH3 is 1. The van der Waals surface area contributed by atoms with Crippen molar-refractivity contribution in [1.29, 1.82) is 0 Å². The number of ether oxygens (including phenoxy) is 2. The van der Waals surface area contributed by atoms with E-state index in [4.69, 9.17) is 9.47 Å². The van der Waals surface area contributed by atoms with Crippen molar-refractivity contribution in [3.05, 3.63) is 80.7 Å². The zero-order valence-electron chi connectivity index (χ0n) is 16.6. The van der Waals surface area contributed by atoms with Gasteiger partial charge < -0.3 is 9.47 Å². The minimum atomic E-state index is -0.544. The highest BCUT2D eigenvalue weighted by Crippen LogP contribution is 2.27. The van der Waals surface area contributed by atoms with Crippen LogP contribution in [0.25, 0.3) is 11.2 Å². The van der Waals surface area contributed by atoms with Crippen molar-refractivity contribution in [3.8, 4) is 17.5 Å². The molecule has 0 radical (unpaired) electrons. The monoisotopic (exact) mass is 410 g/mol. The molecule has 0 atom stereocenters. The SMILES string of the molecule is COc1cccc(Oc2nc3c(c(=O)n(C)c(=O)n3C)n2Cc2ccccc2F)c1. The highest BCUT2D eigenvalue weighted by atomic mass is 19.1. The fourth-order valence-corrected chi connectivity index (χ4v) is 3.22. The second-order valence-electron chi connectivity index (χ2n) is 6.73. The van der Waals surface area contributed by atoms with E-state index in [1.165, 1.54) is 36.4 Å². The molecule has 0 saturated carbocycles. The molecule has 0 aliphatic carbocycles. The molecule has 2 aromatic heterocycles. The number of halogens is 1. The van der Waals surface area contributed by atoms with Crippen LogP contribution in [-0.2, 0) is 20.6 Å². The average Bonchev–Trinajstić information content (AvgIpc) is 3.10. The Labute approximate surface area is 170 Å². The zero-order valence-corrected chi connectivity index (χ0v) is 16.6.